The molecule has 0 unspecified atom stereocenters. The van der Waals surface area contributed by atoms with Gasteiger partial charge < -0.3 is 4.42 Å². The second-order valence-electron chi connectivity index (χ2n) is 7.47. The first-order valence-corrected chi connectivity index (χ1v) is 12.0. The second kappa shape index (κ2) is 9.82. The molecule has 1 amide bonds. The van der Waals surface area contributed by atoms with Crippen molar-refractivity contribution in [3.05, 3.63) is 90.0 Å². The molecule has 0 aliphatic rings. The Kier molecular flexibility index (Phi) is 6.80. The van der Waals surface area contributed by atoms with Gasteiger partial charge in [0.1, 0.15) is 0 Å². The Morgan fingerprint density at radius 1 is 0.944 bits per heavy atom. The number of amides is 1. The maximum Gasteiger partial charge on any atom is 0.416 e. The number of sulfonamides is 1. The summed E-state index contributed by atoms with van der Waals surface area (Å²) in [4.78, 5) is 12.6. The van der Waals surface area contributed by atoms with Gasteiger partial charge in [0.25, 0.3) is 15.9 Å². The largest absolute Gasteiger partial charge is 0.416 e. The van der Waals surface area contributed by atoms with Crippen molar-refractivity contribution in [3.8, 4) is 11.5 Å². The Bertz CT molecular complexity index is 1450. The molecule has 1 aromatic heterocycles. The maximum absolute atomic E-state index is 13.1. The molecule has 0 radical (unpaired) electrons. The molecule has 4 aromatic rings. The highest BCUT2D eigenvalue weighted by molar-refractivity contribution is 7.92. The van der Waals surface area contributed by atoms with Crippen molar-refractivity contribution in [2.24, 2.45) is 0 Å². The molecule has 0 bridgehead atoms. The van der Waals surface area contributed by atoms with Gasteiger partial charge in [-0.1, -0.05) is 23.3 Å². The molecule has 0 aliphatic carbocycles. The lowest BCUT2D eigenvalue weighted by molar-refractivity contribution is -0.137. The van der Waals surface area contributed by atoms with Gasteiger partial charge in [-0.05, 0) is 67.6 Å². The molecule has 0 spiro atoms. The van der Waals surface area contributed by atoms with Crippen molar-refractivity contribution in [1.82, 2.24) is 10.2 Å². The number of aromatic nitrogens is 2. The fraction of sp³-hybridized carbons (Fsp3) is 0.125. The minimum absolute atomic E-state index is 0.00660. The van der Waals surface area contributed by atoms with Crippen LogP contribution in [0.4, 0.5) is 24.9 Å². The van der Waals surface area contributed by atoms with Gasteiger partial charge in [0, 0.05) is 17.7 Å². The molecule has 0 saturated heterocycles. The van der Waals surface area contributed by atoms with Crippen LogP contribution in [-0.4, -0.2) is 31.1 Å². The van der Waals surface area contributed by atoms with Crippen LogP contribution in [0.15, 0.2) is 88.2 Å². The minimum atomic E-state index is -4.47. The van der Waals surface area contributed by atoms with E-state index in [0.717, 1.165) is 12.1 Å². The van der Waals surface area contributed by atoms with Crippen LogP contribution in [0.5, 0.6) is 0 Å². The predicted octanol–water partition coefficient (Wildman–Crippen LogP) is 5.22. The van der Waals surface area contributed by atoms with E-state index in [1.807, 2.05) is 0 Å². The first-order chi connectivity index (χ1) is 17.1. The molecule has 0 aliphatic heterocycles. The molecule has 0 fully saturated rings. The summed E-state index contributed by atoms with van der Waals surface area (Å²) in [5.74, 6) is -0.724. The van der Waals surface area contributed by atoms with E-state index in [1.54, 1.807) is 37.3 Å². The van der Waals surface area contributed by atoms with E-state index in [-0.39, 0.29) is 34.5 Å². The lowest BCUT2D eigenvalue weighted by Gasteiger charge is -2.22. The lowest BCUT2D eigenvalue weighted by atomic mass is 10.1. The molecule has 8 nitrogen and oxygen atoms in total. The zero-order chi connectivity index (χ0) is 25.9. The van der Waals surface area contributed by atoms with E-state index in [0.29, 0.717) is 5.69 Å². The molecular weight excluding hydrogens is 497 g/mol. The van der Waals surface area contributed by atoms with E-state index >= 15 is 0 Å². The van der Waals surface area contributed by atoms with Crippen LogP contribution in [0.25, 0.3) is 11.5 Å². The SMILES string of the molecule is CCN(c1ccccc1)S(=O)(=O)c1ccc(C(=O)Nc2nnc(-c3ccc(C(F)(F)F)cc3)o2)cc1. The van der Waals surface area contributed by atoms with Crippen molar-refractivity contribution < 1.29 is 30.8 Å². The van der Waals surface area contributed by atoms with Gasteiger partial charge in [0.15, 0.2) is 0 Å². The summed E-state index contributed by atoms with van der Waals surface area (Å²) in [7, 11) is -3.85. The van der Waals surface area contributed by atoms with Crippen LogP contribution in [0.3, 0.4) is 0 Å². The average Bonchev–Trinajstić information content (AvgIpc) is 3.33. The van der Waals surface area contributed by atoms with E-state index in [1.165, 1.54) is 40.7 Å². The highest BCUT2D eigenvalue weighted by Crippen LogP contribution is 2.31. The number of para-hydroxylation sites is 1. The van der Waals surface area contributed by atoms with Crippen molar-refractivity contribution in [3.63, 3.8) is 0 Å². The number of benzene rings is 3. The molecule has 1 N–H and O–H groups in total. The van der Waals surface area contributed by atoms with Crippen LogP contribution >= 0.6 is 0 Å². The second-order valence-corrected chi connectivity index (χ2v) is 9.33. The van der Waals surface area contributed by atoms with Crippen LogP contribution in [-0.2, 0) is 16.2 Å². The van der Waals surface area contributed by atoms with Crippen molar-refractivity contribution in [1.29, 1.82) is 0 Å². The molecule has 3 aromatic carbocycles. The molecule has 4 rings (SSSR count). The Hall–Kier alpha value is -4.19. The van der Waals surface area contributed by atoms with Crippen LogP contribution in [0.1, 0.15) is 22.8 Å². The minimum Gasteiger partial charge on any atom is -0.403 e. The number of hydrogen-bond acceptors (Lipinski definition) is 6. The number of carbonyl (C=O) groups excluding carboxylic acids is 1. The Balaban J connectivity index is 1.47. The van der Waals surface area contributed by atoms with Crippen LogP contribution in [0, 0.1) is 0 Å². The normalized spacial score (nSPS) is 11.8. The average molecular weight is 517 g/mol. The van der Waals surface area contributed by atoms with Gasteiger partial charge in [-0.3, -0.25) is 14.4 Å². The summed E-state index contributed by atoms with van der Waals surface area (Å²) in [6.07, 6.45) is -4.47. The number of halogens is 3. The van der Waals surface area contributed by atoms with Crippen LogP contribution in [0.2, 0.25) is 0 Å². The molecule has 1 heterocycles. The zero-order valence-corrected chi connectivity index (χ0v) is 19.5. The number of rotatable bonds is 7. The molecule has 186 valence electrons. The van der Waals surface area contributed by atoms with Crippen molar-refractivity contribution in [2.75, 3.05) is 16.2 Å². The smallest absolute Gasteiger partial charge is 0.403 e. The van der Waals surface area contributed by atoms with E-state index < -0.39 is 27.7 Å². The number of hydrogen-bond donors (Lipinski definition) is 1. The first kappa shape index (κ1) is 24.9. The fourth-order valence-corrected chi connectivity index (χ4v) is 4.83. The molecule has 36 heavy (non-hydrogen) atoms. The monoisotopic (exact) mass is 516 g/mol. The zero-order valence-electron chi connectivity index (χ0n) is 18.7. The quantitative estimate of drug-likeness (QED) is 0.361. The molecule has 12 heteroatoms. The standard InChI is InChI=1S/C24H19F3N4O4S/c1-2-31(19-6-4-3-5-7-19)36(33,34)20-14-10-16(11-15-20)21(32)28-23-30-29-22(35-23)17-8-12-18(13-9-17)24(25,26)27/h3-15H,2H2,1H3,(H,28,30,32). The van der Waals surface area contributed by atoms with E-state index in [2.05, 4.69) is 15.5 Å². The fourth-order valence-electron chi connectivity index (χ4n) is 3.35. The summed E-state index contributed by atoms with van der Waals surface area (Å²) in [5.41, 5.74) is 0.0630. The first-order valence-electron chi connectivity index (χ1n) is 10.6. The summed E-state index contributed by atoms with van der Waals surface area (Å²) in [5, 5.41) is 9.79. The van der Waals surface area contributed by atoms with Gasteiger partial charge in [0.05, 0.1) is 16.1 Å². The molecular formula is C24H19F3N4O4S. The Labute approximate surface area is 204 Å². The summed E-state index contributed by atoms with van der Waals surface area (Å²) >= 11 is 0. The Morgan fingerprint density at radius 3 is 2.17 bits per heavy atom. The third kappa shape index (κ3) is 5.23. The summed E-state index contributed by atoms with van der Waals surface area (Å²) in [6, 6.07) is 17.8. The number of nitrogens with zero attached hydrogens (tertiary/aromatic N) is 3. The highest BCUT2D eigenvalue weighted by atomic mass is 32.2. The number of nitrogens with one attached hydrogen (secondary N) is 1. The van der Waals surface area contributed by atoms with Crippen LogP contribution < -0.4 is 9.62 Å². The predicted molar refractivity (Wildman–Crippen MR) is 126 cm³/mol. The number of carbonyl (C=O) groups is 1. The summed E-state index contributed by atoms with van der Waals surface area (Å²) in [6.45, 7) is 1.93. The van der Waals surface area contributed by atoms with Gasteiger partial charge in [-0.25, -0.2) is 8.42 Å². The molecule has 0 atom stereocenters. The lowest BCUT2D eigenvalue weighted by Crippen LogP contribution is -2.30. The Morgan fingerprint density at radius 2 is 1.58 bits per heavy atom. The maximum atomic E-state index is 13.1. The highest BCUT2D eigenvalue weighted by Gasteiger charge is 2.30. The van der Waals surface area contributed by atoms with E-state index in [4.69, 9.17) is 4.42 Å². The third-order valence-electron chi connectivity index (χ3n) is 5.14. The van der Waals surface area contributed by atoms with Gasteiger partial charge in [-0.15, -0.1) is 5.10 Å². The number of alkyl halides is 3. The number of anilines is 2. The summed E-state index contributed by atoms with van der Waals surface area (Å²) < 4.78 is 70.9. The van der Waals surface area contributed by atoms with Crippen molar-refractivity contribution >= 4 is 27.6 Å². The third-order valence-corrected chi connectivity index (χ3v) is 7.06. The van der Waals surface area contributed by atoms with Crippen molar-refractivity contribution in [2.45, 2.75) is 18.0 Å². The van der Waals surface area contributed by atoms with E-state index in [9.17, 15) is 26.4 Å². The topological polar surface area (TPSA) is 105 Å². The van der Waals surface area contributed by atoms with Gasteiger partial charge in [-0.2, -0.15) is 13.2 Å². The molecule has 0 saturated carbocycles. The van der Waals surface area contributed by atoms with Gasteiger partial charge in [0.2, 0.25) is 5.89 Å². The van der Waals surface area contributed by atoms with Gasteiger partial charge >= 0.3 is 12.2 Å².